The van der Waals surface area contributed by atoms with Gasteiger partial charge in [0.1, 0.15) is 5.39 Å². The number of hydrogen-bond acceptors (Lipinski definition) is 4. The van der Waals surface area contributed by atoms with E-state index in [-0.39, 0.29) is 10.8 Å². The van der Waals surface area contributed by atoms with Crippen molar-refractivity contribution in [3.8, 4) is 0 Å². The minimum atomic E-state index is -0.165. The molecule has 0 aliphatic rings. The number of nitrogens with zero attached hydrogens (tertiary/aromatic N) is 2. The molecule has 6 heteroatoms. The molecule has 0 radical (unpaired) electrons. The number of aromatic nitrogens is 4. The smallest absolute Gasteiger partial charge is 0.262 e. The van der Waals surface area contributed by atoms with Crippen LogP contribution in [-0.4, -0.2) is 20.2 Å². The van der Waals surface area contributed by atoms with Crippen molar-refractivity contribution in [2.75, 3.05) is 0 Å². The molecule has 0 saturated carbocycles. The molecule has 1 aromatic carbocycles. The summed E-state index contributed by atoms with van der Waals surface area (Å²) < 4.78 is 0. The second kappa shape index (κ2) is 4.89. The van der Waals surface area contributed by atoms with E-state index in [1.54, 1.807) is 0 Å². The molecule has 96 valence electrons. The first kappa shape index (κ1) is 12.0. The van der Waals surface area contributed by atoms with Gasteiger partial charge in [-0.25, -0.2) is 4.98 Å². The number of benzene rings is 1. The third-order valence-corrected chi connectivity index (χ3v) is 3.90. The lowest BCUT2D eigenvalue weighted by Crippen LogP contribution is -2.08. The van der Waals surface area contributed by atoms with Crippen LogP contribution >= 0.6 is 11.8 Å². The lowest BCUT2D eigenvalue weighted by atomic mass is 10.2. The molecule has 5 nitrogen and oxygen atoms in total. The highest BCUT2D eigenvalue weighted by atomic mass is 32.2. The van der Waals surface area contributed by atoms with Crippen LogP contribution in [0.15, 0.2) is 46.5 Å². The van der Waals surface area contributed by atoms with Gasteiger partial charge < -0.3 is 4.98 Å². The quantitative estimate of drug-likeness (QED) is 0.567. The first-order valence-electron chi connectivity index (χ1n) is 5.89. The minimum Gasteiger partial charge on any atom is -0.301 e. The summed E-state index contributed by atoms with van der Waals surface area (Å²) in [4.78, 5) is 18.9. The summed E-state index contributed by atoms with van der Waals surface area (Å²) in [5.74, 6) is 0. The zero-order chi connectivity index (χ0) is 13.2. The first-order chi connectivity index (χ1) is 9.24. The summed E-state index contributed by atoms with van der Waals surface area (Å²) >= 11 is 1.51. The Morgan fingerprint density at radius 2 is 2.05 bits per heavy atom. The van der Waals surface area contributed by atoms with E-state index in [0.717, 1.165) is 0 Å². The Labute approximate surface area is 113 Å². The maximum Gasteiger partial charge on any atom is 0.262 e. The van der Waals surface area contributed by atoms with Gasteiger partial charge in [-0.3, -0.25) is 9.89 Å². The molecule has 0 saturated heterocycles. The average molecular weight is 272 g/mol. The van der Waals surface area contributed by atoms with Gasteiger partial charge in [-0.1, -0.05) is 42.1 Å². The van der Waals surface area contributed by atoms with Crippen LogP contribution in [0.2, 0.25) is 0 Å². The standard InChI is InChI=1S/C13H12N4OS/c1-8(9-5-3-2-4-6-9)19-13-15-11-10(7-14-17-11)12(18)16-13/h2-8H,1H3,(H2,14,15,16,17,18)/t8-/m0/s1. The monoisotopic (exact) mass is 272 g/mol. The zero-order valence-electron chi connectivity index (χ0n) is 10.3. The molecule has 19 heavy (non-hydrogen) atoms. The van der Waals surface area contributed by atoms with Gasteiger partial charge in [0.25, 0.3) is 5.56 Å². The number of hydrogen-bond donors (Lipinski definition) is 2. The van der Waals surface area contributed by atoms with Crippen LogP contribution in [0.25, 0.3) is 11.0 Å². The molecule has 0 fully saturated rings. The molecule has 0 bridgehead atoms. The topological polar surface area (TPSA) is 74.4 Å². The summed E-state index contributed by atoms with van der Waals surface area (Å²) in [6.07, 6.45) is 1.48. The predicted molar refractivity (Wildman–Crippen MR) is 75.2 cm³/mol. The average Bonchev–Trinajstić information content (AvgIpc) is 2.88. The predicted octanol–water partition coefficient (Wildman–Crippen LogP) is 2.50. The third-order valence-electron chi connectivity index (χ3n) is 2.86. The van der Waals surface area contributed by atoms with E-state index in [1.165, 1.54) is 23.5 Å². The molecular weight excluding hydrogens is 260 g/mol. The molecule has 0 spiro atoms. The molecule has 0 aliphatic heterocycles. The van der Waals surface area contributed by atoms with Gasteiger partial charge in [-0.05, 0) is 12.5 Å². The second-order valence-corrected chi connectivity index (χ2v) is 5.50. The van der Waals surface area contributed by atoms with Gasteiger partial charge >= 0.3 is 0 Å². The zero-order valence-corrected chi connectivity index (χ0v) is 11.1. The molecule has 0 amide bonds. The molecule has 0 unspecified atom stereocenters. The maximum atomic E-state index is 11.8. The normalized spacial score (nSPS) is 12.7. The lowest BCUT2D eigenvalue weighted by molar-refractivity contribution is 0.946. The van der Waals surface area contributed by atoms with Crippen molar-refractivity contribution < 1.29 is 0 Å². The van der Waals surface area contributed by atoms with E-state index in [9.17, 15) is 4.79 Å². The lowest BCUT2D eigenvalue weighted by Gasteiger charge is -2.10. The number of H-pyrrole nitrogens is 2. The summed E-state index contributed by atoms with van der Waals surface area (Å²) in [5.41, 5.74) is 1.55. The second-order valence-electron chi connectivity index (χ2n) is 4.17. The molecule has 2 heterocycles. The molecule has 1 atom stereocenters. The summed E-state index contributed by atoms with van der Waals surface area (Å²) in [5, 5.41) is 7.83. The van der Waals surface area contributed by atoms with Gasteiger partial charge in [-0.2, -0.15) is 5.10 Å². The third kappa shape index (κ3) is 2.39. The Morgan fingerprint density at radius 3 is 2.84 bits per heavy atom. The van der Waals surface area contributed by atoms with E-state index in [1.807, 2.05) is 18.2 Å². The Kier molecular flexibility index (Phi) is 3.08. The molecule has 0 aliphatic carbocycles. The molecule has 3 rings (SSSR count). The highest BCUT2D eigenvalue weighted by Crippen LogP contribution is 2.32. The van der Waals surface area contributed by atoms with Crippen LogP contribution < -0.4 is 5.56 Å². The van der Waals surface area contributed by atoms with Crippen molar-refractivity contribution >= 4 is 22.8 Å². The van der Waals surface area contributed by atoms with Gasteiger partial charge in [0.2, 0.25) is 0 Å². The van der Waals surface area contributed by atoms with Crippen LogP contribution in [0.5, 0.6) is 0 Å². The fourth-order valence-corrected chi connectivity index (χ4v) is 2.76. The van der Waals surface area contributed by atoms with Crippen molar-refractivity contribution in [3.05, 3.63) is 52.4 Å². The molecular formula is C13H12N4OS. The number of aromatic amines is 2. The Balaban J connectivity index is 1.91. The van der Waals surface area contributed by atoms with Crippen LogP contribution in [0.4, 0.5) is 0 Å². The summed E-state index contributed by atoms with van der Waals surface area (Å²) in [7, 11) is 0. The number of thioether (sulfide) groups is 1. The number of fused-ring (bicyclic) bond motifs is 1. The minimum absolute atomic E-state index is 0.165. The largest absolute Gasteiger partial charge is 0.301 e. The summed E-state index contributed by atoms with van der Waals surface area (Å²) in [6.45, 7) is 2.08. The van der Waals surface area contributed by atoms with E-state index < -0.39 is 0 Å². The summed E-state index contributed by atoms with van der Waals surface area (Å²) in [6, 6.07) is 10.1. The van der Waals surface area contributed by atoms with E-state index in [4.69, 9.17) is 0 Å². The fraction of sp³-hybridized carbons (Fsp3) is 0.154. The van der Waals surface area contributed by atoms with E-state index in [0.29, 0.717) is 16.2 Å². The maximum absolute atomic E-state index is 11.8. The van der Waals surface area contributed by atoms with Crippen molar-refractivity contribution in [1.82, 2.24) is 20.2 Å². The van der Waals surface area contributed by atoms with Crippen LogP contribution in [0.1, 0.15) is 17.7 Å². The number of nitrogens with one attached hydrogen (secondary N) is 2. The SMILES string of the molecule is C[C@H](Sc1nc2[nH]ncc2c(=O)[nH]1)c1ccccc1. The van der Waals surface area contributed by atoms with Crippen LogP contribution in [0, 0.1) is 0 Å². The van der Waals surface area contributed by atoms with Crippen LogP contribution in [-0.2, 0) is 0 Å². The highest BCUT2D eigenvalue weighted by Gasteiger charge is 2.11. The first-order valence-corrected chi connectivity index (χ1v) is 6.77. The Morgan fingerprint density at radius 1 is 1.26 bits per heavy atom. The van der Waals surface area contributed by atoms with Gasteiger partial charge in [0, 0.05) is 5.25 Å². The van der Waals surface area contributed by atoms with Crippen molar-refractivity contribution in [1.29, 1.82) is 0 Å². The van der Waals surface area contributed by atoms with Crippen molar-refractivity contribution in [3.63, 3.8) is 0 Å². The highest BCUT2D eigenvalue weighted by molar-refractivity contribution is 7.99. The molecule has 2 aromatic heterocycles. The van der Waals surface area contributed by atoms with E-state index in [2.05, 4.69) is 39.2 Å². The van der Waals surface area contributed by atoms with E-state index >= 15 is 0 Å². The van der Waals surface area contributed by atoms with Crippen LogP contribution in [0.3, 0.4) is 0 Å². The molecule has 2 N–H and O–H groups in total. The van der Waals surface area contributed by atoms with Gasteiger partial charge in [-0.15, -0.1) is 0 Å². The van der Waals surface area contributed by atoms with Crippen molar-refractivity contribution in [2.45, 2.75) is 17.3 Å². The molecule has 3 aromatic rings. The number of rotatable bonds is 3. The Bertz CT molecular complexity index is 750. The van der Waals surface area contributed by atoms with Gasteiger partial charge in [0.05, 0.1) is 6.20 Å². The Hall–Kier alpha value is -2.08. The van der Waals surface area contributed by atoms with Crippen molar-refractivity contribution in [2.24, 2.45) is 0 Å². The van der Waals surface area contributed by atoms with Gasteiger partial charge in [0.15, 0.2) is 10.8 Å². The fourth-order valence-electron chi connectivity index (χ4n) is 1.84.